The molecule has 1 unspecified atom stereocenters. The molecule has 1 heterocycles. The van der Waals surface area contributed by atoms with Crippen LogP contribution in [0.2, 0.25) is 0 Å². The summed E-state index contributed by atoms with van der Waals surface area (Å²) >= 11 is 0. The fourth-order valence-corrected chi connectivity index (χ4v) is 2.44. The van der Waals surface area contributed by atoms with E-state index in [2.05, 4.69) is 10.1 Å². The first-order valence-electron chi connectivity index (χ1n) is 5.98. The van der Waals surface area contributed by atoms with Crippen molar-refractivity contribution in [2.45, 2.75) is 12.8 Å². The van der Waals surface area contributed by atoms with Crippen molar-refractivity contribution in [2.24, 2.45) is 11.1 Å². The van der Waals surface area contributed by atoms with Crippen molar-refractivity contribution in [3.63, 3.8) is 0 Å². The molecule has 1 aliphatic rings. The van der Waals surface area contributed by atoms with Gasteiger partial charge >= 0.3 is 0 Å². The average molecular weight is 231 g/mol. The Balaban J connectivity index is 2.15. The fourth-order valence-electron chi connectivity index (χ4n) is 2.44. The zero-order chi connectivity index (χ0) is 12.1. The first-order valence-corrected chi connectivity index (χ1v) is 5.98. The van der Waals surface area contributed by atoms with Gasteiger partial charge in [-0.2, -0.15) is 4.91 Å². The highest BCUT2D eigenvalue weighted by atomic mass is 16.3. The van der Waals surface area contributed by atoms with Crippen molar-refractivity contribution in [3.05, 3.63) is 34.7 Å². The number of rotatable bonds is 4. The molecule has 0 saturated carbocycles. The van der Waals surface area contributed by atoms with E-state index in [0.29, 0.717) is 12.5 Å². The Labute approximate surface area is 101 Å². The van der Waals surface area contributed by atoms with E-state index < -0.39 is 0 Å². The summed E-state index contributed by atoms with van der Waals surface area (Å²) < 4.78 is 0. The monoisotopic (exact) mass is 231 g/mol. The number of benzene rings is 1. The van der Waals surface area contributed by atoms with Crippen molar-refractivity contribution in [2.75, 3.05) is 24.5 Å². The van der Waals surface area contributed by atoms with Crippen LogP contribution in [0, 0.1) is 16.2 Å². The molecular weight excluding hydrogens is 214 g/mol. The van der Waals surface area contributed by atoms with Crippen molar-refractivity contribution in [1.29, 1.82) is 5.41 Å². The summed E-state index contributed by atoms with van der Waals surface area (Å²) in [5.74, 6) is 0.361. The van der Waals surface area contributed by atoms with Crippen LogP contribution >= 0.6 is 0 Å². The number of piperidine rings is 1. The topological polar surface area (TPSA) is 56.5 Å². The largest absolute Gasteiger partial charge is 0.371 e. The summed E-state index contributed by atoms with van der Waals surface area (Å²) in [6, 6.07) is 7.92. The van der Waals surface area contributed by atoms with Crippen molar-refractivity contribution >= 4 is 11.9 Å². The first kappa shape index (κ1) is 11.8. The van der Waals surface area contributed by atoms with Crippen molar-refractivity contribution in [3.8, 4) is 0 Å². The van der Waals surface area contributed by atoms with Gasteiger partial charge < -0.3 is 10.3 Å². The molecule has 2 rings (SSSR count). The number of nitrogens with zero attached hydrogens (tertiary/aromatic N) is 2. The third kappa shape index (κ3) is 2.70. The Hall–Kier alpha value is -1.71. The van der Waals surface area contributed by atoms with Crippen LogP contribution in [-0.4, -0.2) is 25.8 Å². The fraction of sp³-hybridized carbons (Fsp3) is 0.462. The van der Waals surface area contributed by atoms with E-state index >= 15 is 0 Å². The lowest BCUT2D eigenvalue weighted by atomic mass is 9.97. The summed E-state index contributed by atoms with van der Waals surface area (Å²) in [7, 11) is 0. The molecule has 0 amide bonds. The molecule has 1 aromatic carbocycles. The highest BCUT2D eigenvalue weighted by molar-refractivity contribution is 5.86. The number of nitrogens with one attached hydrogen (secondary N) is 1. The molecule has 17 heavy (non-hydrogen) atoms. The van der Waals surface area contributed by atoms with Gasteiger partial charge in [-0.25, -0.2) is 0 Å². The van der Waals surface area contributed by atoms with Crippen LogP contribution < -0.4 is 4.90 Å². The third-order valence-corrected chi connectivity index (χ3v) is 3.28. The van der Waals surface area contributed by atoms with Gasteiger partial charge in [-0.15, -0.1) is 0 Å². The third-order valence-electron chi connectivity index (χ3n) is 3.28. The van der Waals surface area contributed by atoms with Crippen LogP contribution in [0.4, 0.5) is 5.69 Å². The summed E-state index contributed by atoms with van der Waals surface area (Å²) in [5, 5.41) is 10.4. The Bertz CT molecular complexity index is 405. The molecule has 0 aliphatic carbocycles. The number of hydrogen-bond donors (Lipinski definition) is 1. The number of anilines is 1. The van der Waals surface area contributed by atoms with E-state index in [1.807, 2.05) is 24.3 Å². The van der Waals surface area contributed by atoms with Crippen LogP contribution in [0.1, 0.15) is 18.4 Å². The highest BCUT2D eigenvalue weighted by Crippen LogP contribution is 2.25. The predicted molar refractivity (Wildman–Crippen MR) is 69.9 cm³/mol. The van der Waals surface area contributed by atoms with Gasteiger partial charge in [0, 0.05) is 30.6 Å². The van der Waals surface area contributed by atoms with Crippen molar-refractivity contribution in [1.82, 2.24) is 0 Å². The highest BCUT2D eigenvalue weighted by Gasteiger charge is 2.21. The molecule has 1 aromatic rings. The SMILES string of the molecule is N=Cc1ccccc1N1CCCC(CN=O)C1. The number of hydrogen-bond acceptors (Lipinski definition) is 4. The Morgan fingerprint density at radius 2 is 2.29 bits per heavy atom. The number of nitroso groups, excluding NO2 is 1. The zero-order valence-electron chi connectivity index (χ0n) is 9.80. The van der Waals surface area contributed by atoms with Crippen molar-refractivity contribution < 1.29 is 0 Å². The normalized spacial score (nSPS) is 20.0. The Morgan fingerprint density at radius 3 is 3.06 bits per heavy atom. The minimum absolute atomic E-state index is 0.361. The number of para-hydroxylation sites is 1. The molecule has 4 heteroatoms. The first-order chi connectivity index (χ1) is 8.35. The molecule has 0 radical (unpaired) electrons. The van der Waals surface area contributed by atoms with Crippen LogP contribution in [0.5, 0.6) is 0 Å². The predicted octanol–water partition coefficient (Wildman–Crippen LogP) is 2.67. The van der Waals surface area contributed by atoms with Gasteiger partial charge in [0.1, 0.15) is 0 Å². The minimum atomic E-state index is 0.361. The van der Waals surface area contributed by atoms with E-state index in [1.54, 1.807) is 0 Å². The van der Waals surface area contributed by atoms with E-state index in [0.717, 1.165) is 37.2 Å². The molecule has 0 bridgehead atoms. The van der Waals surface area contributed by atoms with E-state index in [1.165, 1.54) is 6.21 Å². The lowest BCUT2D eigenvalue weighted by molar-refractivity contribution is 0.423. The van der Waals surface area contributed by atoms with E-state index in [4.69, 9.17) is 5.41 Å². The zero-order valence-corrected chi connectivity index (χ0v) is 9.80. The van der Waals surface area contributed by atoms with Gasteiger partial charge in [-0.05, 0) is 24.8 Å². The summed E-state index contributed by atoms with van der Waals surface area (Å²) in [4.78, 5) is 12.6. The maximum Gasteiger partial charge on any atom is 0.0856 e. The van der Waals surface area contributed by atoms with E-state index in [-0.39, 0.29) is 0 Å². The molecule has 4 nitrogen and oxygen atoms in total. The average Bonchev–Trinajstić information content (AvgIpc) is 2.39. The van der Waals surface area contributed by atoms with E-state index in [9.17, 15) is 4.91 Å². The second-order valence-corrected chi connectivity index (χ2v) is 4.47. The van der Waals surface area contributed by atoms with Gasteiger partial charge in [0.05, 0.1) is 6.54 Å². The molecule has 1 atom stereocenters. The molecule has 1 N–H and O–H groups in total. The van der Waals surface area contributed by atoms with Crippen LogP contribution in [0.3, 0.4) is 0 Å². The van der Waals surface area contributed by atoms with Crippen LogP contribution in [-0.2, 0) is 0 Å². The maximum absolute atomic E-state index is 10.3. The smallest absolute Gasteiger partial charge is 0.0856 e. The second-order valence-electron chi connectivity index (χ2n) is 4.47. The lowest BCUT2D eigenvalue weighted by Gasteiger charge is -2.34. The summed E-state index contributed by atoms with van der Waals surface area (Å²) in [6.45, 7) is 2.28. The van der Waals surface area contributed by atoms with Crippen LogP contribution in [0.15, 0.2) is 29.4 Å². The molecule has 1 saturated heterocycles. The molecule has 0 aromatic heterocycles. The van der Waals surface area contributed by atoms with Gasteiger partial charge in [0.15, 0.2) is 0 Å². The molecule has 90 valence electrons. The lowest BCUT2D eigenvalue weighted by Crippen LogP contribution is -2.37. The standard InChI is InChI=1S/C13H17N3O/c14-8-12-5-1-2-6-13(12)16-7-3-4-11(10-16)9-15-17/h1-2,5-6,8,11,14H,3-4,7,9-10H2. The summed E-state index contributed by atoms with van der Waals surface area (Å²) in [5.41, 5.74) is 2.03. The quantitative estimate of drug-likeness (QED) is 0.639. The minimum Gasteiger partial charge on any atom is -0.371 e. The molecule has 1 aliphatic heterocycles. The van der Waals surface area contributed by atoms with Crippen LogP contribution in [0.25, 0.3) is 0 Å². The Kier molecular flexibility index (Phi) is 3.85. The molecule has 1 fully saturated rings. The van der Waals surface area contributed by atoms with Gasteiger partial charge in [0.25, 0.3) is 0 Å². The van der Waals surface area contributed by atoms with Gasteiger partial charge in [0.2, 0.25) is 0 Å². The van der Waals surface area contributed by atoms with Gasteiger partial charge in [-0.3, -0.25) is 0 Å². The maximum atomic E-state index is 10.3. The molecule has 0 spiro atoms. The molecular formula is C13H17N3O. The summed E-state index contributed by atoms with van der Waals surface area (Å²) in [6.07, 6.45) is 3.55. The second kappa shape index (κ2) is 5.57. The Morgan fingerprint density at radius 1 is 1.47 bits per heavy atom. The van der Waals surface area contributed by atoms with Gasteiger partial charge in [-0.1, -0.05) is 23.4 Å².